The Bertz CT molecular complexity index is 255. The molecule has 0 heterocycles. The van der Waals surface area contributed by atoms with Gasteiger partial charge in [-0.2, -0.15) is 0 Å². The van der Waals surface area contributed by atoms with Gasteiger partial charge in [-0.3, -0.25) is 4.79 Å². The molecule has 0 spiro atoms. The predicted octanol–water partition coefficient (Wildman–Crippen LogP) is 2.83. The quantitative estimate of drug-likeness (QED) is 0.727. The summed E-state index contributed by atoms with van der Waals surface area (Å²) in [5.41, 5.74) is -0.983. The van der Waals surface area contributed by atoms with Crippen LogP contribution < -0.4 is 0 Å². The van der Waals surface area contributed by atoms with Crippen LogP contribution >= 0.6 is 0 Å². The van der Waals surface area contributed by atoms with E-state index in [9.17, 15) is 9.90 Å². The first kappa shape index (κ1) is 11.1. The van der Waals surface area contributed by atoms with E-state index in [0.717, 1.165) is 51.4 Å². The van der Waals surface area contributed by atoms with Gasteiger partial charge in [-0.05, 0) is 32.1 Å². The molecule has 2 fully saturated rings. The minimum absolute atomic E-state index is 0.349. The Labute approximate surface area is 92.1 Å². The fourth-order valence-electron chi connectivity index (χ4n) is 3.28. The Morgan fingerprint density at radius 1 is 1.20 bits per heavy atom. The molecule has 0 aliphatic heterocycles. The summed E-state index contributed by atoms with van der Waals surface area (Å²) in [6.07, 6.45) is 8.52. The number of Topliss-reactive ketones (excluding diaryl/α,β-unsaturated/α-hetero) is 1. The van der Waals surface area contributed by atoms with Crippen LogP contribution in [0.2, 0.25) is 0 Å². The zero-order chi connectivity index (χ0) is 10.9. The molecule has 2 aliphatic rings. The largest absolute Gasteiger partial charge is 0.389 e. The van der Waals surface area contributed by atoms with E-state index < -0.39 is 5.60 Å². The molecule has 1 atom stereocenters. The summed E-state index contributed by atoms with van der Waals surface area (Å²) < 4.78 is 0. The number of carbonyl (C=O) groups is 1. The van der Waals surface area contributed by atoms with Gasteiger partial charge in [-0.15, -0.1) is 0 Å². The van der Waals surface area contributed by atoms with Crippen molar-refractivity contribution in [3.05, 3.63) is 0 Å². The average Bonchev–Trinajstić information content (AvgIpc) is 2.96. The molecule has 2 nitrogen and oxygen atoms in total. The molecular weight excluding hydrogens is 188 g/mol. The second kappa shape index (κ2) is 3.89. The van der Waals surface area contributed by atoms with Gasteiger partial charge in [0.15, 0.2) is 0 Å². The molecule has 1 N–H and O–H groups in total. The van der Waals surface area contributed by atoms with E-state index in [2.05, 4.69) is 6.92 Å². The normalized spacial score (nSPS) is 34.9. The molecule has 0 bridgehead atoms. The molecule has 2 saturated carbocycles. The van der Waals surface area contributed by atoms with Crippen LogP contribution in [0.3, 0.4) is 0 Å². The maximum atomic E-state index is 12.3. The van der Waals surface area contributed by atoms with Crippen molar-refractivity contribution in [2.75, 3.05) is 0 Å². The van der Waals surface area contributed by atoms with Crippen LogP contribution in [0.15, 0.2) is 0 Å². The molecule has 2 rings (SSSR count). The highest BCUT2D eigenvalue weighted by Crippen LogP contribution is 2.56. The number of carbonyl (C=O) groups excluding carboxylic acids is 1. The molecule has 0 aromatic heterocycles. The molecule has 1 unspecified atom stereocenters. The standard InChI is InChI=1S/C13H22O2/c1-2-7-12(13(15)9-10-13)8-5-3-4-6-11(12)14/h15H,2-10H2,1H3. The molecular formula is C13H22O2. The summed E-state index contributed by atoms with van der Waals surface area (Å²) in [5, 5.41) is 10.4. The molecule has 2 aliphatic carbocycles. The fourth-order valence-corrected chi connectivity index (χ4v) is 3.28. The van der Waals surface area contributed by atoms with E-state index in [1.807, 2.05) is 0 Å². The van der Waals surface area contributed by atoms with E-state index in [4.69, 9.17) is 0 Å². The highest BCUT2D eigenvalue weighted by molar-refractivity contribution is 5.87. The lowest BCUT2D eigenvalue weighted by Crippen LogP contribution is -2.43. The van der Waals surface area contributed by atoms with E-state index in [0.29, 0.717) is 12.2 Å². The summed E-state index contributed by atoms with van der Waals surface area (Å²) in [7, 11) is 0. The molecule has 0 amide bonds. The molecule has 0 aromatic rings. The highest BCUT2D eigenvalue weighted by atomic mass is 16.3. The number of hydrogen-bond acceptors (Lipinski definition) is 2. The van der Waals surface area contributed by atoms with E-state index in [1.165, 1.54) is 0 Å². The Kier molecular flexibility index (Phi) is 2.89. The minimum Gasteiger partial charge on any atom is -0.389 e. The minimum atomic E-state index is -0.621. The van der Waals surface area contributed by atoms with Crippen molar-refractivity contribution in [1.29, 1.82) is 0 Å². The third kappa shape index (κ3) is 1.73. The van der Waals surface area contributed by atoms with Crippen LogP contribution in [-0.4, -0.2) is 16.5 Å². The number of hydrogen-bond donors (Lipinski definition) is 1. The SMILES string of the molecule is CCCC1(C2(O)CC2)CCCCCC1=O. The van der Waals surface area contributed by atoms with Crippen LogP contribution in [0.5, 0.6) is 0 Å². The van der Waals surface area contributed by atoms with Crippen LogP contribution in [0.25, 0.3) is 0 Å². The van der Waals surface area contributed by atoms with Crippen LogP contribution in [0.4, 0.5) is 0 Å². The first-order chi connectivity index (χ1) is 7.15. The third-order valence-corrected chi connectivity index (χ3v) is 4.33. The smallest absolute Gasteiger partial charge is 0.141 e. The molecule has 0 radical (unpaired) electrons. The zero-order valence-electron chi connectivity index (χ0n) is 9.72. The van der Waals surface area contributed by atoms with Gasteiger partial charge in [0, 0.05) is 6.42 Å². The maximum absolute atomic E-state index is 12.3. The van der Waals surface area contributed by atoms with Gasteiger partial charge in [0.2, 0.25) is 0 Å². The topological polar surface area (TPSA) is 37.3 Å². The van der Waals surface area contributed by atoms with Crippen molar-refractivity contribution in [2.24, 2.45) is 5.41 Å². The molecule has 2 heteroatoms. The molecule has 0 saturated heterocycles. The second-order valence-electron chi connectivity index (χ2n) is 5.35. The third-order valence-electron chi connectivity index (χ3n) is 4.33. The van der Waals surface area contributed by atoms with Gasteiger partial charge >= 0.3 is 0 Å². The Morgan fingerprint density at radius 2 is 1.93 bits per heavy atom. The first-order valence-corrected chi connectivity index (χ1v) is 6.40. The molecule has 86 valence electrons. The van der Waals surface area contributed by atoms with Crippen LogP contribution in [-0.2, 0) is 4.79 Å². The number of ketones is 1. The Hall–Kier alpha value is -0.370. The highest BCUT2D eigenvalue weighted by Gasteiger charge is 2.60. The van der Waals surface area contributed by atoms with Crippen LogP contribution in [0.1, 0.15) is 64.7 Å². The summed E-state index contributed by atoms with van der Waals surface area (Å²) in [4.78, 5) is 12.3. The van der Waals surface area contributed by atoms with Gasteiger partial charge in [0.1, 0.15) is 5.78 Å². The lowest BCUT2D eigenvalue weighted by molar-refractivity contribution is -0.139. The van der Waals surface area contributed by atoms with E-state index in [1.54, 1.807) is 0 Å². The van der Waals surface area contributed by atoms with Crippen molar-refractivity contribution < 1.29 is 9.90 Å². The van der Waals surface area contributed by atoms with Gasteiger partial charge in [0.05, 0.1) is 11.0 Å². The summed E-state index contributed by atoms with van der Waals surface area (Å²) in [5.74, 6) is 0.349. The monoisotopic (exact) mass is 210 g/mol. The van der Waals surface area contributed by atoms with Gasteiger partial charge in [-0.25, -0.2) is 0 Å². The Morgan fingerprint density at radius 3 is 2.53 bits per heavy atom. The first-order valence-electron chi connectivity index (χ1n) is 6.40. The number of rotatable bonds is 3. The van der Waals surface area contributed by atoms with Crippen molar-refractivity contribution in [3.63, 3.8) is 0 Å². The van der Waals surface area contributed by atoms with E-state index >= 15 is 0 Å². The fraction of sp³-hybridized carbons (Fsp3) is 0.923. The maximum Gasteiger partial charge on any atom is 0.141 e. The van der Waals surface area contributed by atoms with Gasteiger partial charge < -0.3 is 5.11 Å². The summed E-state index contributed by atoms with van der Waals surface area (Å²) in [6, 6.07) is 0. The number of aliphatic hydroxyl groups is 1. The Balaban J connectivity index is 2.25. The lowest BCUT2D eigenvalue weighted by Gasteiger charge is -2.36. The van der Waals surface area contributed by atoms with E-state index in [-0.39, 0.29) is 5.41 Å². The van der Waals surface area contributed by atoms with Gasteiger partial charge in [0.25, 0.3) is 0 Å². The van der Waals surface area contributed by atoms with Crippen molar-refractivity contribution >= 4 is 5.78 Å². The van der Waals surface area contributed by atoms with Crippen molar-refractivity contribution in [2.45, 2.75) is 70.3 Å². The molecule has 0 aromatic carbocycles. The zero-order valence-corrected chi connectivity index (χ0v) is 9.72. The van der Waals surface area contributed by atoms with Crippen molar-refractivity contribution in [3.8, 4) is 0 Å². The average molecular weight is 210 g/mol. The van der Waals surface area contributed by atoms with Crippen LogP contribution in [0, 0.1) is 5.41 Å². The predicted molar refractivity (Wildman–Crippen MR) is 59.6 cm³/mol. The van der Waals surface area contributed by atoms with Crippen molar-refractivity contribution in [1.82, 2.24) is 0 Å². The van der Waals surface area contributed by atoms with Gasteiger partial charge in [-0.1, -0.05) is 26.2 Å². The molecule has 15 heavy (non-hydrogen) atoms. The lowest BCUT2D eigenvalue weighted by atomic mass is 9.69. The summed E-state index contributed by atoms with van der Waals surface area (Å²) in [6.45, 7) is 2.12. The summed E-state index contributed by atoms with van der Waals surface area (Å²) >= 11 is 0. The second-order valence-corrected chi connectivity index (χ2v) is 5.35.